The third-order valence-corrected chi connectivity index (χ3v) is 4.39. The maximum atomic E-state index is 4.59. The molecule has 0 fully saturated rings. The van der Waals surface area contributed by atoms with E-state index < -0.39 is 0 Å². The molecular formula is C18H26N2. The van der Waals surface area contributed by atoms with Crippen LogP contribution in [0.15, 0.2) is 30.3 Å². The van der Waals surface area contributed by atoms with Crippen molar-refractivity contribution in [1.29, 1.82) is 0 Å². The Morgan fingerprint density at radius 1 is 1.20 bits per heavy atom. The maximum absolute atomic E-state index is 4.59. The smallest absolute Gasteiger partial charge is 0.0708 e. The van der Waals surface area contributed by atoms with Gasteiger partial charge in [0.15, 0.2) is 0 Å². The first-order valence-electron chi connectivity index (χ1n) is 7.46. The first-order valence-corrected chi connectivity index (χ1v) is 7.46. The van der Waals surface area contributed by atoms with Gasteiger partial charge >= 0.3 is 0 Å². The number of hydrogen-bond acceptors (Lipinski definition) is 2. The van der Waals surface area contributed by atoms with Crippen molar-refractivity contribution in [3.63, 3.8) is 0 Å². The lowest BCUT2D eigenvalue weighted by Crippen LogP contribution is -2.33. The summed E-state index contributed by atoms with van der Waals surface area (Å²) in [6.45, 7) is 13.2. The van der Waals surface area contributed by atoms with Crippen molar-refractivity contribution in [2.45, 2.75) is 41.2 Å². The Morgan fingerprint density at radius 3 is 2.60 bits per heavy atom. The molecule has 0 aliphatic heterocycles. The van der Waals surface area contributed by atoms with Gasteiger partial charge < -0.3 is 5.32 Å². The van der Waals surface area contributed by atoms with Crippen molar-refractivity contribution in [2.24, 2.45) is 11.3 Å². The van der Waals surface area contributed by atoms with Gasteiger partial charge in [-0.25, -0.2) is 0 Å². The fourth-order valence-electron chi connectivity index (χ4n) is 2.26. The third kappa shape index (κ3) is 3.37. The molecule has 20 heavy (non-hydrogen) atoms. The molecule has 0 saturated heterocycles. The highest BCUT2D eigenvalue weighted by molar-refractivity contribution is 5.82. The molecule has 0 spiro atoms. The van der Waals surface area contributed by atoms with Crippen LogP contribution < -0.4 is 5.32 Å². The predicted molar refractivity (Wildman–Crippen MR) is 86.8 cm³/mol. The monoisotopic (exact) mass is 270 g/mol. The summed E-state index contributed by atoms with van der Waals surface area (Å²) in [7, 11) is 0. The molecule has 1 aromatic heterocycles. The van der Waals surface area contributed by atoms with E-state index >= 15 is 0 Å². The molecular weight excluding hydrogens is 244 g/mol. The first-order chi connectivity index (χ1) is 9.40. The number of rotatable bonds is 5. The lowest BCUT2D eigenvalue weighted by molar-refractivity contribution is 0.238. The average molecular weight is 270 g/mol. The molecule has 0 saturated carbocycles. The molecule has 0 aliphatic rings. The number of benzene rings is 1. The molecule has 2 nitrogen and oxygen atoms in total. The van der Waals surface area contributed by atoms with Crippen molar-refractivity contribution >= 4 is 10.9 Å². The van der Waals surface area contributed by atoms with Gasteiger partial charge in [0.2, 0.25) is 0 Å². The molecule has 2 heteroatoms. The van der Waals surface area contributed by atoms with E-state index in [-0.39, 0.29) is 0 Å². The van der Waals surface area contributed by atoms with Gasteiger partial charge in [-0.3, -0.25) is 4.98 Å². The zero-order valence-electron chi connectivity index (χ0n) is 13.3. The van der Waals surface area contributed by atoms with Gasteiger partial charge in [-0.1, -0.05) is 45.9 Å². The number of hydrogen-bond donors (Lipinski definition) is 1. The van der Waals surface area contributed by atoms with Gasteiger partial charge in [0.25, 0.3) is 0 Å². The largest absolute Gasteiger partial charge is 0.312 e. The number of nitrogens with zero attached hydrogens (tertiary/aromatic N) is 1. The zero-order valence-corrected chi connectivity index (χ0v) is 13.3. The number of para-hydroxylation sites is 1. The summed E-state index contributed by atoms with van der Waals surface area (Å²) in [5, 5.41) is 4.87. The van der Waals surface area contributed by atoms with Crippen LogP contribution in [0.1, 0.15) is 39.0 Å². The summed E-state index contributed by atoms with van der Waals surface area (Å²) in [6, 6.07) is 10.6. The van der Waals surface area contributed by atoms with Crippen LogP contribution >= 0.6 is 0 Å². The number of aromatic nitrogens is 1. The van der Waals surface area contributed by atoms with Crippen LogP contribution in [-0.2, 0) is 6.54 Å². The van der Waals surface area contributed by atoms with Crippen LogP contribution in [0.3, 0.4) is 0 Å². The van der Waals surface area contributed by atoms with E-state index in [1.54, 1.807) is 0 Å². The zero-order chi connectivity index (χ0) is 14.8. The SMILES string of the molecule is Cc1cc(CNCC(C)(C)C(C)C)c2ccccc2n1. The third-order valence-electron chi connectivity index (χ3n) is 4.39. The van der Waals surface area contributed by atoms with Gasteiger partial charge in [0, 0.05) is 24.2 Å². The molecule has 2 rings (SSSR count). The Bertz CT molecular complexity index is 585. The molecule has 0 aliphatic carbocycles. The minimum Gasteiger partial charge on any atom is -0.312 e. The van der Waals surface area contributed by atoms with Gasteiger partial charge in [0.05, 0.1) is 5.52 Å². The van der Waals surface area contributed by atoms with Gasteiger partial charge in [-0.2, -0.15) is 0 Å². The average Bonchev–Trinajstić information content (AvgIpc) is 2.38. The normalized spacial score (nSPS) is 12.3. The number of nitrogens with one attached hydrogen (secondary N) is 1. The van der Waals surface area contributed by atoms with E-state index in [0.717, 1.165) is 24.3 Å². The summed E-state index contributed by atoms with van der Waals surface area (Å²) >= 11 is 0. The highest BCUT2D eigenvalue weighted by Gasteiger charge is 2.21. The lowest BCUT2D eigenvalue weighted by Gasteiger charge is -2.29. The Hall–Kier alpha value is -1.41. The van der Waals surface area contributed by atoms with Crippen LogP contribution in [0.2, 0.25) is 0 Å². The molecule has 1 aromatic carbocycles. The predicted octanol–water partition coefficient (Wildman–Crippen LogP) is 4.32. The van der Waals surface area contributed by atoms with Crippen LogP contribution in [-0.4, -0.2) is 11.5 Å². The second-order valence-electron chi connectivity index (χ2n) is 6.69. The molecule has 0 atom stereocenters. The molecule has 0 radical (unpaired) electrons. The Balaban J connectivity index is 2.14. The van der Waals surface area contributed by atoms with Gasteiger partial charge in [-0.05, 0) is 36.0 Å². The Labute approximate surface area is 122 Å². The van der Waals surface area contributed by atoms with Crippen LogP contribution in [0.25, 0.3) is 10.9 Å². The lowest BCUT2D eigenvalue weighted by atomic mass is 9.81. The highest BCUT2D eigenvalue weighted by Crippen LogP contribution is 2.25. The summed E-state index contributed by atoms with van der Waals surface area (Å²) in [4.78, 5) is 4.59. The summed E-state index contributed by atoms with van der Waals surface area (Å²) in [5.41, 5.74) is 3.83. The van der Waals surface area contributed by atoms with Crippen LogP contribution in [0, 0.1) is 18.3 Å². The number of pyridine rings is 1. The summed E-state index contributed by atoms with van der Waals surface area (Å²) < 4.78 is 0. The molecule has 1 N–H and O–H groups in total. The van der Waals surface area contributed by atoms with E-state index in [0.29, 0.717) is 11.3 Å². The van der Waals surface area contributed by atoms with E-state index in [9.17, 15) is 0 Å². The second-order valence-corrected chi connectivity index (χ2v) is 6.69. The fraction of sp³-hybridized carbons (Fsp3) is 0.500. The van der Waals surface area contributed by atoms with Crippen LogP contribution in [0.4, 0.5) is 0 Å². The highest BCUT2D eigenvalue weighted by atomic mass is 14.9. The van der Waals surface area contributed by atoms with Crippen molar-refractivity contribution < 1.29 is 0 Å². The quantitative estimate of drug-likeness (QED) is 0.875. The summed E-state index contributed by atoms with van der Waals surface area (Å²) in [6.07, 6.45) is 0. The topological polar surface area (TPSA) is 24.9 Å². The minimum absolute atomic E-state index is 0.317. The standard InChI is InChI=1S/C18H26N2/c1-13(2)18(4,5)12-19-11-15-10-14(3)20-17-9-7-6-8-16(15)17/h6-10,13,19H,11-12H2,1-5H3. The number of aryl methyl sites for hydroxylation is 1. The molecule has 2 aromatic rings. The molecule has 0 unspecified atom stereocenters. The van der Waals surface area contributed by atoms with Gasteiger partial charge in [0.1, 0.15) is 0 Å². The second kappa shape index (κ2) is 5.92. The van der Waals surface area contributed by atoms with Crippen molar-refractivity contribution in [2.75, 3.05) is 6.54 Å². The van der Waals surface area contributed by atoms with Crippen molar-refractivity contribution in [1.82, 2.24) is 10.3 Å². The maximum Gasteiger partial charge on any atom is 0.0708 e. The van der Waals surface area contributed by atoms with E-state index in [1.165, 1.54) is 10.9 Å². The van der Waals surface area contributed by atoms with Crippen LogP contribution in [0.5, 0.6) is 0 Å². The number of fused-ring (bicyclic) bond motifs is 1. The summed E-state index contributed by atoms with van der Waals surface area (Å²) in [5.74, 6) is 0.672. The van der Waals surface area contributed by atoms with E-state index in [4.69, 9.17) is 0 Å². The Morgan fingerprint density at radius 2 is 1.90 bits per heavy atom. The van der Waals surface area contributed by atoms with Gasteiger partial charge in [-0.15, -0.1) is 0 Å². The molecule has 0 bridgehead atoms. The van der Waals surface area contributed by atoms with E-state index in [1.807, 2.05) is 6.07 Å². The van der Waals surface area contributed by atoms with E-state index in [2.05, 4.69) is 69.2 Å². The Kier molecular flexibility index (Phi) is 4.44. The fourth-order valence-corrected chi connectivity index (χ4v) is 2.26. The van der Waals surface area contributed by atoms with Crippen molar-refractivity contribution in [3.8, 4) is 0 Å². The van der Waals surface area contributed by atoms with Crippen molar-refractivity contribution in [3.05, 3.63) is 41.6 Å². The molecule has 108 valence electrons. The minimum atomic E-state index is 0.317. The molecule has 1 heterocycles. The first kappa shape index (κ1) is 15.0. The molecule has 0 amide bonds.